The Labute approximate surface area is 118 Å². The molecule has 1 heterocycles. The zero-order valence-electron chi connectivity index (χ0n) is 11.3. The molecule has 3 aromatic rings. The van der Waals surface area contributed by atoms with E-state index in [9.17, 15) is 0 Å². The number of para-hydroxylation sites is 1. The minimum absolute atomic E-state index is 0.461. The molecule has 100 valence electrons. The molecule has 0 fully saturated rings. The third-order valence-corrected chi connectivity index (χ3v) is 3.31. The molecular formula is C17H16N2O. The van der Waals surface area contributed by atoms with E-state index in [1.807, 2.05) is 55.5 Å². The number of hydrogen-bond acceptors (Lipinski definition) is 3. The Morgan fingerprint density at radius 1 is 1.10 bits per heavy atom. The first kappa shape index (κ1) is 12.6. The zero-order chi connectivity index (χ0) is 13.9. The van der Waals surface area contributed by atoms with Crippen molar-refractivity contribution in [1.82, 2.24) is 4.98 Å². The lowest BCUT2D eigenvalue weighted by Crippen LogP contribution is -2.00. The van der Waals surface area contributed by atoms with E-state index in [0.29, 0.717) is 6.54 Å². The summed E-state index contributed by atoms with van der Waals surface area (Å²) in [6.07, 6.45) is 1.78. The van der Waals surface area contributed by atoms with Gasteiger partial charge in [0.25, 0.3) is 0 Å². The number of rotatable bonds is 3. The van der Waals surface area contributed by atoms with Gasteiger partial charge in [0.2, 0.25) is 0 Å². The quantitative estimate of drug-likeness (QED) is 0.782. The summed E-state index contributed by atoms with van der Waals surface area (Å²) in [6.45, 7) is 2.48. The van der Waals surface area contributed by atoms with Gasteiger partial charge in [-0.3, -0.25) is 4.98 Å². The van der Waals surface area contributed by atoms with E-state index in [0.717, 1.165) is 33.5 Å². The summed E-state index contributed by atoms with van der Waals surface area (Å²) >= 11 is 0. The number of ether oxygens (including phenoxy) is 1. The highest BCUT2D eigenvalue weighted by molar-refractivity contribution is 5.79. The van der Waals surface area contributed by atoms with Crippen molar-refractivity contribution in [3.8, 4) is 11.5 Å². The van der Waals surface area contributed by atoms with Crippen LogP contribution in [0.5, 0.6) is 11.5 Å². The molecule has 0 atom stereocenters. The van der Waals surface area contributed by atoms with Gasteiger partial charge in [0, 0.05) is 29.8 Å². The number of nitrogens with two attached hydrogens (primary N) is 1. The summed E-state index contributed by atoms with van der Waals surface area (Å²) in [5.41, 5.74) is 8.78. The van der Waals surface area contributed by atoms with Gasteiger partial charge in [-0.05, 0) is 30.7 Å². The van der Waals surface area contributed by atoms with Crippen LogP contribution in [-0.2, 0) is 6.54 Å². The van der Waals surface area contributed by atoms with Crippen molar-refractivity contribution >= 4 is 10.9 Å². The summed E-state index contributed by atoms with van der Waals surface area (Å²) in [6, 6.07) is 15.9. The van der Waals surface area contributed by atoms with Gasteiger partial charge in [-0.2, -0.15) is 0 Å². The Kier molecular flexibility index (Phi) is 3.35. The molecule has 3 heteroatoms. The van der Waals surface area contributed by atoms with Crippen LogP contribution in [0.1, 0.15) is 11.1 Å². The van der Waals surface area contributed by atoms with Crippen LogP contribution in [-0.4, -0.2) is 4.98 Å². The number of pyridine rings is 1. The van der Waals surface area contributed by atoms with Crippen LogP contribution in [0.15, 0.2) is 54.7 Å². The van der Waals surface area contributed by atoms with Gasteiger partial charge in [0.1, 0.15) is 11.5 Å². The average Bonchev–Trinajstić information content (AvgIpc) is 2.49. The second kappa shape index (κ2) is 5.31. The third kappa shape index (κ3) is 2.36. The van der Waals surface area contributed by atoms with Crippen molar-refractivity contribution in [3.05, 3.63) is 65.9 Å². The van der Waals surface area contributed by atoms with E-state index >= 15 is 0 Å². The molecule has 0 amide bonds. The van der Waals surface area contributed by atoms with Gasteiger partial charge < -0.3 is 10.5 Å². The van der Waals surface area contributed by atoms with Crippen LogP contribution in [0.4, 0.5) is 0 Å². The van der Waals surface area contributed by atoms with E-state index in [-0.39, 0.29) is 0 Å². The van der Waals surface area contributed by atoms with Crippen LogP contribution in [0.3, 0.4) is 0 Å². The smallest absolute Gasteiger partial charge is 0.134 e. The van der Waals surface area contributed by atoms with E-state index in [4.69, 9.17) is 10.5 Å². The van der Waals surface area contributed by atoms with Crippen molar-refractivity contribution in [2.75, 3.05) is 0 Å². The Hall–Kier alpha value is -2.39. The highest BCUT2D eigenvalue weighted by Gasteiger charge is 2.07. The van der Waals surface area contributed by atoms with Crippen LogP contribution >= 0.6 is 0 Å². The van der Waals surface area contributed by atoms with Crippen molar-refractivity contribution in [2.24, 2.45) is 5.73 Å². The lowest BCUT2D eigenvalue weighted by Gasteiger charge is -2.13. The lowest BCUT2D eigenvalue weighted by molar-refractivity contribution is 0.473. The first-order chi connectivity index (χ1) is 9.78. The standard InChI is InChI=1S/C17H16N2O/c1-12-4-2-5-14(11-18)17(12)20-15-8-7-13-6-3-9-19-16(13)10-15/h2-10H,11,18H2,1H3. The van der Waals surface area contributed by atoms with Gasteiger partial charge in [-0.25, -0.2) is 0 Å². The Morgan fingerprint density at radius 3 is 2.85 bits per heavy atom. The van der Waals surface area contributed by atoms with Gasteiger partial charge in [0.15, 0.2) is 0 Å². The second-order valence-corrected chi connectivity index (χ2v) is 4.73. The van der Waals surface area contributed by atoms with E-state index in [1.54, 1.807) is 6.20 Å². The normalized spacial score (nSPS) is 10.7. The summed E-state index contributed by atoms with van der Waals surface area (Å²) in [5, 5.41) is 1.10. The average molecular weight is 264 g/mol. The SMILES string of the molecule is Cc1cccc(CN)c1Oc1ccc2cccnc2c1. The van der Waals surface area contributed by atoms with Crippen LogP contribution in [0, 0.1) is 6.92 Å². The fraction of sp³-hybridized carbons (Fsp3) is 0.118. The first-order valence-corrected chi connectivity index (χ1v) is 6.59. The Bertz CT molecular complexity index is 753. The maximum Gasteiger partial charge on any atom is 0.134 e. The molecule has 3 rings (SSSR count). The fourth-order valence-corrected chi connectivity index (χ4v) is 2.25. The number of fused-ring (bicyclic) bond motifs is 1. The van der Waals surface area contributed by atoms with Crippen LogP contribution in [0.25, 0.3) is 10.9 Å². The Balaban J connectivity index is 2.01. The maximum absolute atomic E-state index is 6.02. The molecule has 2 aromatic carbocycles. The highest BCUT2D eigenvalue weighted by Crippen LogP contribution is 2.30. The molecule has 0 unspecified atom stereocenters. The summed E-state index contributed by atoms with van der Waals surface area (Å²) < 4.78 is 6.02. The molecule has 0 saturated carbocycles. The highest BCUT2D eigenvalue weighted by atomic mass is 16.5. The predicted molar refractivity (Wildman–Crippen MR) is 80.9 cm³/mol. The molecule has 0 aliphatic rings. The van der Waals surface area contributed by atoms with Crippen molar-refractivity contribution in [3.63, 3.8) is 0 Å². The van der Waals surface area contributed by atoms with E-state index in [1.165, 1.54) is 0 Å². The molecule has 0 bridgehead atoms. The predicted octanol–water partition coefficient (Wildman–Crippen LogP) is 3.79. The minimum Gasteiger partial charge on any atom is -0.457 e. The largest absolute Gasteiger partial charge is 0.457 e. The summed E-state index contributed by atoms with van der Waals surface area (Å²) in [4.78, 5) is 4.34. The van der Waals surface area contributed by atoms with Crippen molar-refractivity contribution in [1.29, 1.82) is 0 Å². The molecule has 0 spiro atoms. The molecular weight excluding hydrogens is 248 g/mol. The minimum atomic E-state index is 0.461. The molecule has 0 aliphatic heterocycles. The van der Waals surface area contributed by atoms with Gasteiger partial charge >= 0.3 is 0 Å². The second-order valence-electron chi connectivity index (χ2n) is 4.73. The van der Waals surface area contributed by atoms with E-state index in [2.05, 4.69) is 4.98 Å². The van der Waals surface area contributed by atoms with Gasteiger partial charge in [-0.1, -0.05) is 24.3 Å². The molecule has 0 radical (unpaired) electrons. The molecule has 2 N–H and O–H groups in total. The summed E-state index contributed by atoms with van der Waals surface area (Å²) in [7, 11) is 0. The third-order valence-electron chi connectivity index (χ3n) is 3.31. The van der Waals surface area contributed by atoms with Gasteiger partial charge in [0.05, 0.1) is 5.52 Å². The molecule has 0 aliphatic carbocycles. The van der Waals surface area contributed by atoms with Crippen LogP contribution in [0.2, 0.25) is 0 Å². The number of aromatic nitrogens is 1. The topological polar surface area (TPSA) is 48.1 Å². The van der Waals surface area contributed by atoms with E-state index < -0.39 is 0 Å². The maximum atomic E-state index is 6.02. The fourth-order valence-electron chi connectivity index (χ4n) is 2.25. The first-order valence-electron chi connectivity index (χ1n) is 6.59. The van der Waals surface area contributed by atoms with Crippen molar-refractivity contribution < 1.29 is 4.74 Å². The number of nitrogens with zero attached hydrogens (tertiary/aromatic N) is 1. The Morgan fingerprint density at radius 2 is 2.00 bits per heavy atom. The number of hydrogen-bond donors (Lipinski definition) is 1. The summed E-state index contributed by atoms with van der Waals surface area (Å²) in [5.74, 6) is 1.62. The van der Waals surface area contributed by atoms with Gasteiger partial charge in [-0.15, -0.1) is 0 Å². The monoisotopic (exact) mass is 264 g/mol. The molecule has 0 saturated heterocycles. The molecule has 20 heavy (non-hydrogen) atoms. The number of benzene rings is 2. The van der Waals surface area contributed by atoms with Crippen molar-refractivity contribution in [2.45, 2.75) is 13.5 Å². The lowest BCUT2D eigenvalue weighted by atomic mass is 10.1. The zero-order valence-corrected chi connectivity index (χ0v) is 11.3. The number of aryl methyl sites for hydroxylation is 1. The molecule has 3 nitrogen and oxygen atoms in total. The molecule has 1 aromatic heterocycles. The van der Waals surface area contributed by atoms with Crippen LogP contribution < -0.4 is 10.5 Å².